The maximum atomic E-state index is 4.00. The van der Waals surface area contributed by atoms with Crippen molar-refractivity contribution in [1.82, 2.24) is 4.98 Å². The molecule has 0 amide bonds. The molecule has 3 aromatic carbocycles. The molecule has 0 saturated carbocycles. The smallest absolute Gasteiger partial charge is 0.0546 e. The topological polar surface area (TPSA) is 15.8 Å². The number of aromatic amines is 1. The molecule has 0 fully saturated rings. The van der Waals surface area contributed by atoms with Crippen LogP contribution >= 0.6 is 0 Å². The van der Waals surface area contributed by atoms with Gasteiger partial charge < -0.3 is 4.98 Å². The van der Waals surface area contributed by atoms with E-state index < -0.39 is 0 Å². The third kappa shape index (κ3) is 1.71. The Morgan fingerprint density at radius 1 is 0.762 bits per heavy atom. The van der Waals surface area contributed by atoms with E-state index >= 15 is 0 Å². The number of rotatable bonds is 2. The molecule has 100 valence electrons. The largest absolute Gasteiger partial charge is 0.361 e. The van der Waals surface area contributed by atoms with Gasteiger partial charge in [-0.25, -0.2) is 0 Å². The van der Waals surface area contributed by atoms with Crippen LogP contribution in [0.3, 0.4) is 0 Å². The summed E-state index contributed by atoms with van der Waals surface area (Å²) < 4.78 is 0. The average Bonchev–Trinajstić information content (AvgIpc) is 3.02. The number of hydrogen-bond donors (Lipinski definition) is 1. The first-order valence-electron chi connectivity index (χ1n) is 7.10. The van der Waals surface area contributed by atoms with Crippen LogP contribution in [0.2, 0.25) is 0 Å². The van der Waals surface area contributed by atoms with Crippen molar-refractivity contribution in [2.75, 3.05) is 0 Å². The van der Waals surface area contributed by atoms with Crippen molar-refractivity contribution in [2.45, 2.75) is 0 Å². The van der Waals surface area contributed by atoms with Crippen LogP contribution in [0.25, 0.3) is 38.9 Å². The molecule has 1 aromatic heterocycles. The normalized spacial score (nSPS) is 11.0. The third-order valence-electron chi connectivity index (χ3n) is 4.04. The molecule has 0 aliphatic carbocycles. The molecule has 0 spiro atoms. The monoisotopic (exact) mass is 269 g/mol. The third-order valence-corrected chi connectivity index (χ3v) is 4.04. The average molecular weight is 269 g/mol. The van der Waals surface area contributed by atoms with Crippen LogP contribution in [-0.4, -0.2) is 4.98 Å². The molecular weight excluding hydrogens is 254 g/mol. The quantitative estimate of drug-likeness (QED) is 0.485. The number of fused-ring (bicyclic) bond motifs is 2. The first-order valence-corrected chi connectivity index (χ1v) is 7.10. The number of hydrogen-bond acceptors (Lipinski definition) is 0. The molecule has 1 nitrogen and oxygen atoms in total. The van der Waals surface area contributed by atoms with Gasteiger partial charge in [-0.3, -0.25) is 0 Å². The standard InChI is InChI=1S/C20H15N/c1-2-15-16-10-6-7-11-17(16)19(14-8-4-3-5-9-14)20-18(15)12-13-21-20/h2-13,21H,1H2. The zero-order valence-corrected chi connectivity index (χ0v) is 11.6. The minimum Gasteiger partial charge on any atom is -0.361 e. The summed E-state index contributed by atoms with van der Waals surface area (Å²) in [6.07, 6.45) is 3.95. The summed E-state index contributed by atoms with van der Waals surface area (Å²) in [5.74, 6) is 0. The molecule has 0 aliphatic heterocycles. The van der Waals surface area contributed by atoms with Gasteiger partial charge in [-0.1, -0.05) is 67.3 Å². The van der Waals surface area contributed by atoms with Gasteiger partial charge in [-0.05, 0) is 28.0 Å². The highest BCUT2D eigenvalue weighted by Crippen LogP contribution is 2.38. The Balaban J connectivity index is 2.28. The summed E-state index contributed by atoms with van der Waals surface area (Å²) in [6, 6.07) is 21.2. The fourth-order valence-corrected chi connectivity index (χ4v) is 3.14. The highest BCUT2D eigenvalue weighted by molar-refractivity contribution is 6.16. The summed E-state index contributed by atoms with van der Waals surface area (Å²) in [5, 5.41) is 3.73. The van der Waals surface area contributed by atoms with Crippen molar-refractivity contribution in [3.8, 4) is 11.1 Å². The maximum absolute atomic E-state index is 4.00. The minimum atomic E-state index is 1.18. The van der Waals surface area contributed by atoms with Gasteiger partial charge >= 0.3 is 0 Å². The Morgan fingerprint density at radius 2 is 1.48 bits per heavy atom. The van der Waals surface area contributed by atoms with Gasteiger partial charge in [-0.15, -0.1) is 0 Å². The van der Waals surface area contributed by atoms with Crippen LogP contribution in [0.4, 0.5) is 0 Å². The minimum absolute atomic E-state index is 1.18. The first kappa shape index (κ1) is 12.0. The van der Waals surface area contributed by atoms with Gasteiger partial charge in [0.25, 0.3) is 0 Å². The van der Waals surface area contributed by atoms with Crippen LogP contribution < -0.4 is 0 Å². The van der Waals surface area contributed by atoms with Crippen molar-refractivity contribution in [3.63, 3.8) is 0 Å². The molecule has 1 heterocycles. The molecule has 0 atom stereocenters. The molecule has 0 unspecified atom stereocenters. The Bertz CT molecular complexity index is 946. The van der Waals surface area contributed by atoms with Gasteiger partial charge in [0.2, 0.25) is 0 Å². The number of nitrogens with one attached hydrogen (secondary N) is 1. The number of aromatic nitrogens is 1. The molecule has 21 heavy (non-hydrogen) atoms. The Hall–Kier alpha value is -2.80. The van der Waals surface area contributed by atoms with Gasteiger partial charge in [0.05, 0.1) is 5.52 Å². The van der Waals surface area contributed by atoms with E-state index in [1.54, 1.807) is 0 Å². The van der Waals surface area contributed by atoms with Gasteiger partial charge in [0.15, 0.2) is 0 Å². The summed E-state index contributed by atoms with van der Waals surface area (Å²) in [4.78, 5) is 3.41. The zero-order valence-electron chi connectivity index (χ0n) is 11.6. The fourth-order valence-electron chi connectivity index (χ4n) is 3.14. The van der Waals surface area contributed by atoms with Gasteiger partial charge in [0.1, 0.15) is 0 Å². The Kier molecular flexibility index (Phi) is 2.65. The van der Waals surface area contributed by atoms with Crippen LogP contribution in [0.1, 0.15) is 5.56 Å². The summed E-state index contributed by atoms with van der Waals surface area (Å²) in [7, 11) is 0. The van der Waals surface area contributed by atoms with E-state index in [9.17, 15) is 0 Å². The predicted octanol–water partition coefficient (Wildman–Crippen LogP) is 5.63. The molecule has 0 saturated heterocycles. The Labute approximate surface area is 123 Å². The van der Waals surface area contributed by atoms with Gasteiger partial charge in [-0.2, -0.15) is 0 Å². The SMILES string of the molecule is C=Cc1c2ccccc2c(-c2ccccc2)c2[nH]ccc12. The van der Waals surface area contributed by atoms with Crippen molar-refractivity contribution in [1.29, 1.82) is 0 Å². The molecule has 0 bridgehead atoms. The molecule has 4 aromatic rings. The lowest BCUT2D eigenvalue weighted by Crippen LogP contribution is -1.88. The van der Waals surface area contributed by atoms with Crippen LogP contribution in [0.15, 0.2) is 73.4 Å². The molecular formula is C20H15N. The van der Waals surface area contributed by atoms with Gasteiger partial charge in [0, 0.05) is 17.1 Å². The second-order valence-corrected chi connectivity index (χ2v) is 5.17. The molecule has 0 radical (unpaired) electrons. The van der Waals surface area contributed by atoms with E-state index in [1.807, 2.05) is 12.3 Å². The van der Waals surface area contributed by atoms with Crippen LogP contribution in [0, 0.1) is 0 Å². The molecule has 1 heteroatoms. The van der Waals surface area contributed by atoms with E-state index in [4.69, 9.17) is 0 Å². The summed E-state index contributed by atoms with van der Waals surface area (Å²) >= 11 is 0. The maximum Gasteiger partial charge on any atom is 0.0546 e. The lowest BCUT2D eigenvalue weighted by Gasteiger charge is -2.12. The first-order chi connectivity index (χ1) is 10.4. The van der Waals surface area contributed by atoms with Crippen molar-refractivity contribution < 1.29 is 0 Å². The molecule has 4 rings (SSSR count). The van der Waals surface area contributed by atoms with Crippen molar-refractivity contribution >= 4 is 27.8 Å². The highest BCUT2D eigenvalue weighted by atomic mass is 14.7. The summed E-state index contributed by atoms with van der Waals surface area (Å²) in [5.41, 5.74) is 4.87. The van der Waals surface area contributed by atoms with E-state index in [1.165, 1.54) is 38.4 Å². The fraction of sp³-hybridized carbons (Fsp3) is 0. The van der Waals surface area contributed by atoms with E-state index in [2.05, 4.69) is 72.2 Å². The lowest BCUT2D eigenvalue weighted by atomic mass is 9.92. The second-order valence-electron chi connectivity index (χ2n) is 5.17. The van der Waals surface area contributed by atoms with Crippen LogP contribution in [-0.2, 0) is 0 Å². The lowest BCUT2D eigenvalue weighted by molar-refractivity contribution is 1.48. The van der Waals surface area contributed by atoms with E-state index in [-0.39, 0.29) is 0 Å². The van der Waals surface area contributed by atoms with E-state index in [0.717, 1.165) is 0 Å². The number of benzene rings is 3. The summed E-state index contributed by atoms with van der Waals surface area (Å²) in [6.45, 7) is 4.00. The second kappa shape index (κ2) is 4.64. The van der Waals surface area contributed by atoms with Crippen molar-refractivity contribution in [3.05, 3.63) is 79.0 Å². The zero-order chi connectivity index (χ0) is 14.2. The van der Waals surface area contributed by atoms with E-state index in [0.29, 0.717) is 0 Å². The Morgan fingerprint density at radius 3 is 2.24 bits per heavy atom. The highest BCUT2D eigenvalue weighted by Gasteiger charge is 2.13. The molecule has 1 N–H and O–H groups in total. The van der Waals surface area contributed by atoms with Crippen LogP contribution in [0.5, 0.6) is 0 Å². The molecule has 0 aliphatic rings. The van der Waals surface area contributed by atoms with Crippen molar-refractivity contribution in [2.24, 2.45) is 0 Å². The predicted molar refractivity (Wildman–Crippen MR) is 91.3 cm³/mol. The number of H-pyrrole nitrogens is 1.